The van der Waals surface area contributed by atoms with E-state index in [1.807, 2.05) is 11.9 Å². The molecule has 1 aliphatic rings. The van der Waals surface area contributed by atoms with E-state index in [-0.39, 0.29) is 11.3 Å². The minimum Gasteiger partial charge on any atom is -0.330 e. The van der Waals surface area contributed by atoms with Crippen LogP contribution in [0.25, 0.3) is 0 Å². The highest BCUT2D eigenvalue weighted by Crippen LogP contribution is 2.20. The molecule has 4 nitrogen and oxygen atoms in total. The molecule has 0 radical (unpaired) electrons. The molecule has 1 rings (SSSR count). The van der Waals surface area contributed by atoms with Crippen LogP contribution in [0.2, 0.25) is 0 Å². The fraction of sp³-hybridized carbons (Fsp3) is 0.900. The first-order valence-corrected chi connectivity index (χ1v) is 5.25. The lowest BCUT2D eigenvalue weighted by Crippen LogP contribution is -2.45. The number of nitrogens with zero attached hydrogens (tertiary/aromatic N) is 2. The second kappa shape index (κ2) is 4.28. The third-order valence-electron chi connectivity index (χ3n) is 2.68. The van der Waals surface area contributed by atoms with Gasteiger partial charge in [0.2, 0.25) is 5.91 Å². The van der Waals surface area contributed by atoms with Crippen molar-refractivity contribution in [2.75, 3.05) is 26.2 Å². The topological polar surface area (TPSA) is 49.6 Å². The molecule has 0 aromatic carbocycles. The van der Waals surface area contributed by atoms with Gasteiger partial charge >= 0.3 is 0 Å². The van der Waals surface area contributed by atoms with Crippen LogP contribution in [-0.2, 0) is 4.79 Å². The van der Waals surface area contributed by atoms with Crippen molar-refractivity contribution in [3.63, 3.8) is 0 Å². The van der Waals surface area contributed by atoms with E-state index in [2.05, 4.69) is 18.9 Å². The lowest BCUT2D eigenvalue weighted by molar-refractivity contribution is -0.138. The van der Waals surface area contributed by atoms with E-state index in [1.54, 1.807) is 0 Å². The molecule has 0 spiro atoms. The van der Waals surface area contributed by atoms with Crippen LogP contribution in [0.5, 0.6) is 0 Å². The summed E-state index contributed by atoms with van der Waals surface area (Å²) in [6.07, 6.45) is 0.647. The van der Waals surface area contributed by atoms with Crippen molar-refractivity contribution >= 4 is 5.91 Å². The number of rotatable bonds is 4. The molecule has 14 heavy (non-hydrogen) atoms. The average Bonchev–Trinajstić information content (AvgIpc) is 2.46. The van der Waals surface area contributed by atoms with Crippen molar-refractivity contribution in [3.05, 3.63) is 0 Å². The molecule has 0 unspecified atom stereocenters. The van der Waals surface area contributed by atoms with Gasteiger partial charge in [-0.1, -0.05) is 13.8 Å². The summed E-state index contributed by atoms with van der Waals surface area (Å²) in [6, 6.07) is 0. The maximum absolute atomic E-state index is 11.4. The first-order valence-electron chi connectivity index (χ1n) is 5.25. The van der Waals surface area contributed by atoms with Crippen LogP contribution < -0.4 is 5.73 Å². The van der Waals surface area contributed by atoms with Crippen molar-refractivity contribution in [3.8, 4) is 0 Å². The lowest BCUT2D eigenvalue weighted by Gasteiger charge is -2.33. The number of carbonyl (C=O) groups excluding carboxylic acids is 1. The Morgan fingerprint density at radius 3 is 2.64 bits per heavy atom. The van der Waals surface area contributed by atoms with E-state index in [0.29, 0.717) is 13.0 Å². The quantitative estimate of drug-likeness (QED) is 0.715. The van der Waals surface area contributed by atoms with E-state index in [1.165, 1.54) is 0 Å². The van der Waals surface area contributed by atoms with Crippen LogP contribution in [0, 0.1) is 5.41 Å². The number of hydrazine groups is 1. The van der Waals surface area contributed by atoms with Crippen LogP contribution in [0.4, 0.5) is 0 Å². The second-order valence-electron chi connectivity index (χ2n) is 4.62. The molecular weight excluding hydrogens is 178 g/mol. The summed E-state index contributed by atoms with van der Waals surface area (Å²) in [6.45, 7) is 9.38. The van der Waals surface area contributed by atoms with Crippen molar-refractivity contribution in [2.24, 2.45) is 11.1 Å². The minimum atomic E-state index is 0.0814. The largest absolute Gasteiger partial charge is 0.330 e. The number of hydrogen-bond donors (Lipinski definition) is 1. The fourth-order valence-corrected chi connectivity index (χ4v) is 1.73. The van der Waals surface area contributed by atoms with E-state index < -0.39 is 0 Å². The van der Waals surface area contributed by atoms with Gasteiger partial charge in [0.25, 0.3) is 0 Å². The highest BCUT2D eigenvalue weighted by molar-refractivity contribution is 5.77. The zero-order valence-electron chi connectivity index (χ0n) is 9.42. The Bertz CT molecular complexity index is 215. The number of amides is 1. The van der Waals surface area contributed by atoms with Gasteiger partial charge in [0.1, 0.15) is 0 Å². The molecule has 82 valence electrons. The number of carbonyl (C=O) groups is 1. The fourth-order valence-electron chi connectivity index (χ4n) is 1.73. The molecule has 0 aromatic heterocycles. The Morgan fingerprint density at radius 1 is 1.50 bits per heavy atom. The Balaban J connectivity index is 2.57. The standard InChI is InChI=1S/C10H21N3O/c1-4-13-9(14)5-6-12(13)8-10(2,3)7-11/h4-8,11H2,1-3H3. The third kappa shape index (κ3) is 2.45. The Morgan fingerprint density at radius 2 is 2.14 bits per heavy atom. The van der Waals surface area contributed by atoms with Gasteiger partial charge in [-0.25, -0.2) is 5.01 Å². The molecule has 2 N–H and O–H groups in total. The molecule has 0 atom stereocenters. The normalized spacial score (nSPS) is 19.4. The molecule has 1 amide bonds. The Hall–Kier alpha value is -0.610. The van der Waals surface area contributed by atoms with E-state index in [0.717, 1.165) is 19.6 Å². The van der Waals surface area contributed by atoms with Crippen molar-refractivity contribution in [1.29, 1.82) is 0 Å². The zero-order valence-corrected chi connectivity index (χ0v) is 9.42. The summed E-state index contributed by atoms with van der Waals surface area (Å²) < 4.78 is 0. The van der Waals surface area contributed by atoms with Gasteiger partial charge in [0.05, 0.1) is 0 Å². The summed E-state index contributed by atoms with van der Waals surface area (Å²) >= 11 is 0. The molecule has 0 aliphatic carbocycles. The monoisotopic (exact) mass is 199 g/mol. The Labute approximate surface area is 86.0 Å². The lowest BCUT2D eigenvalue weighted by atomic mass is 9.94. The first kappa shape index (κ1) is 11.5. The van der Waals surface area contributed by atoms with Gasteiger partial charge in [0.15, 0.2) is 0 Å². The number of hydrogen-bond acceptors (Lipinski definition) is 3. The molecular formula is C10H21N3O. The van der Waals surface area contributed by atoms with Crippen molar-refractivity contribution in [2.45, 2.75) is 27.2 Å². The van der Waals surface area contributed by atoms with Crippen molar-refractivity contribution in [1.82, 2.24) is 10.0 Å². The van der Waals surface area contributed by atoms with Gasteiger partial charge in [-0.05, 0) is 18.9 Å². The van der Waals surface area contributed by atoms with Gasteiger partial charge in [-0.2, -0.15) is 0 Å². The smallest absolute Gasteiger partial charge is 0.238 e. The summed E-state index contributed by atoms with van der Waals surface area (Å²) in [5, 5.41) is 3.95. The molecule has 0 aromatic rings. The summed E-state index contributed by atoms with van der Waals surface area (Å²) in [7, 11) is 0. The highest BCUT2D eigenvalue weighted by Gasteiger charge is 2.31. The second-order valence-corrected chi connectivity index (χ2v) is 4.62. The molecule has 1 saturated heterocycles. The van der Waals surface area contributed by atoms with Crippen LogP contribution in [0.3, 0.4) is 0 Å². The number of nitrogens with two attached hydrogens (primary N) is 1. The molecule has 1 fully saturated rings. The molecule has 0 saturated carbocycles. The maximum atomic E-state index is 11.4. The third-order valence-corrected chi connectivity index (χ3v) is 2.68. The van der Waals surface area contributed by atoms with Gasteiger partial charge in [0, 0.05) is 26.1 Å². The maximum Gasteiger partial charge on any atom is 0.238 e. The van der Waals surface area contributed by atoms with Crippen molar-refractivity contribution < 1.29 is 4.79 Å². The van der Waals surface area contributed by atoms with E-state index in [9.17, 15) is 4.79 Å². The summed E-state index contributed by atoms with van der Waals surface area (Å²) in [4.78, 5) is 11.4. The summed E-state index contributed by atoms with van der Waals surface area (Å²) in [5.41, 5.74) is 5.76. The van der Waals surface area contributed by atoms with E-state index in [4.69, 9.17) is 5.73 Å². The average molecular weight is 199 g/mol. The highest BCUT2D eigenvalue weighted by atomic mass is 16.2. The summed E-state index contributed by atoms with van der Waals surface area (Å²) in [5.74, 6) is 0.236. The van der Waals surface area contributed by atoms with Gasteiger partial charge in [-0.15, -0.1) is 0 Å². The van der Waals surface area contributed by atoms with Crippen LogP contribution >= 0.6 is 0 Å². The first-order chi connectivity index (χ1) is 6.50. The van der Waals surface area contributed by atoms with Crippen LogP contribution in [0.1, 0.15) is 27.2 Å². The predicted molar refractivity (Wildman–Crippen MR) is 56.4 cm³/mol. The molecule has 4 heteroatoms. The predicted octanol–water partition coefficient (Wildman–Crippen LogP) is 0.441. The van der Waals surface area contributed by atoms with Crippen LogP contribution in [0.15, 0.2) is 0 Å². The van der Waals surface area contributed by atoms with Gasteiger partial charge in [-0.3, -0.25) is 9.80 Å². The Kier molecular flexibility index (Phi) is 3.50. The van der Waals surface area contributed by atoms with Gasteiger partial charge < -0.3 is 5.73 Å². The molecule has 0 bridgehead atoms. The SMILES string of the molecule is CCN1C(=O)CCN1CC(C)(C)CN. The molecule has 1 aliphatic heterocycles. The molecule has 1 heterocycles. The van der Waals surface area contributed by atoms with E-state index >= 15 is 0 Å². The van der Waals surface area contributed by atoms with Crippen LogP contribution in [-0.4, -0.2) is 42.1 Å². The zero-order chi connectivity index (χ0) is 10.8. The minimum absolute atomic E-state index is 0.0814.